The van der Waals surface area contributed by atoms with Crippen LogP contribution in [-0.4, -0.2) is 15.9 Å². The van der Waals surface area contributed by atoms with Crippen LogP contribution >= 0.6 is 0 Å². The molecule has 7 heteroatoms. The minimum Gasteiger partial charge on any atom is -0.371 e. The summed E-state index contributed by atoms with van der Waals surface area (Å²) in [7, 11) is 0. The first kappa shape index (κ1) is 16.9. The van der Waals surface area contributed by atoms with Crippen molar-refractivity contribution in [3.8, 4) is 0 Å². The van der Waals surface area contributed by atoms with E-state index < -0.39 is 9.85 Å². The average molecular weight is 295 g/mol. The van der Waals surface area contributed by atoms with Crippen LogP contribution in [-0.2, 0) is 6.42 Å². The van der Waals surface area contributed by atoms with E-state index in [0.29, 0.717) is 17.5 Å². The van der Waals surface area contributed by atoms with E-state index in [2.05, 4.69) is 5.32 Å². The molecule has 0 spiro atoms. The molecular formula is C14H21N3O4. The van der Waals surface area contributed by atoms with Crippen molar-refractivity contribution < 1.29 is 9.85 Å². The van der Waals surface area contributed by atoms with E-state index in [9.17, 15) is 20.2 Å². The van der Waals surface area contributed by atoms with Gasteiger partial charge >= 0.3 is 5.69 Å². The van der Waals surface area contributed by atoms with Crippen molar-refractivity contribution in [3.05, 3.63) is 37.4 Å². The summed E-state index contributed by atoms with van der Waals surface area (Å²) in [5.41, 5.74) is 0.724. The molecule has 0 aliphatic rings. The summed E-state index contributed by atoms with van der Waals surface area (Å²) in [6.07, 6.45) is 1.98. The fraction of sp³-hybridized carbons (Fsp3) is 0.571. The van der Waals surface area contributed by atoms with E-state index >= 15 is 0 Å². The van der Waals surface area contributed by atoms with Crippen molar-refractivity contribution in [3.63, 3.8) is 0 Å². The fourth-order valence-electron chi connectivity index (χ4n) is 2.39. The van der Waals surface area contributed by atoms with Crippen LogP contribution in [0.5, 0.6) is 0 Å². The average Bonchev–Trinajstić information content (AvgIpc) is 2.43. The van der Waals surface area contributed by atoms with Gasteiger partial charge in [0.1, 0.15) is 0 Å². The molecular weight excluding hydrogens is 274 g/mol. The maximum atomic E-state index is 11.4. The first-order valence-corrected chi connectivity index (χ1v) is 7.08. The number of hydrogen-bond acceptors (Lipinski definition) is 5. The molecule has 0 bridgehead atoms. The summed E-state index contributed by atoms with van der Waals surface area (Å²) in [6.45, 7) is 7.33. The zero-order chi connectivity index (χ0) is 16.2. The maximum Gasteiger partial charge on any atom is 0.302 e. The number of benzene rings is 1. The Balaban J connectivity index is 3.59. The van der Waals surface area contributed by atoms with E-state index in [-0.39, 0.29) is 23.1 Å². The molecule has 1 aromatic carbocycles. The van der Waals surface area contributed by atoms with Crippen LogP contribution in [0.2, 0.25) is 0 Å². The maximum absolute atomic E-state index is 11.4. The highest BCUT2D eigenvalue weighted by molar-refractivity contribution is 5.78. The normalized spacial score (nSPS) is 10.7. The third-order valence-corrected chi connectivity index (χ3v) is 3.74. The third kappa shape index (κ3) is 3.48. The molecule has 0 saturated carbocycles. The van der Waals surface area contributed by atoms with Gasteiger partial charge in [0.05, 0.1) is 9.85 Å². The summed E-state index contributed by atoms with van der Waals surface area (Å²) >= 11 is 0. The second-order valence-electron chi connectivity index (χ2n) is 4.93. The lowest BCUT2D eigenvalue weighted by molar-refractivity contribution is -0.392. The number of aryl methyl sites for hydroxylation is 1. The molecule has 0 atom stereocenters. The molecule has 1 N–H and O–H groups in total. The Bertz CT molecular complexity index is 554. The van der Waals surface area contributed by atoms with Crippen molar-refractivity contribution in [1.82, 2.24) is 0 Å². The van der Waals surface area contributed by atoms with Gasteiger partial charge in [0.15, 0.2) is 5.69 Å². The Morgan fingerprint density at radius 2 is 1.71 bits per heavy atom. The van der Waals surface area contributed by atoms with Gasteiger partial charge in [-0.2, -0.15) is 0 Å². The van der Waals surface area contributed by atoms with Crippen LogP contribution in [0.1, 0.15) is 44.7 Å². The SMILES string of the molecule is CCc1cc([N+](=O)[O-])c(NC(CC)CC)c([N+](=O)[O-])c1C. The summed E-state index contributed by atoms with van der Waals surface area (Å²) in [4.78, 5) is 21.6. The van der Waals surface area contributed by atoms with Crippen LogP contribution in [0.15, 0.2) is 6.07 Å². The van der Waals surface area contributed by atoms with Crippen molar-refractivity contribution in [2.75, 3.05) is 5.32 Å². The highest BCUT2D eigenvalue weighted by Gasteiger charge is 2.30. The number of rotatable bonds is 7. The molecule has 116 valence electrons. The third-order valence-electron chi connectivity index (χ3n) is 3.74. The molecule has 0 aromatic heterocycles. The van der Waals surface area contributed by atoms with Crippen molar-refractivity contribution in [2.24, 2.45) is 0 Å². The second-order valence-corrected chi connectivity index (χ2v) is 4.93. The van der Waals surface area contributed by atoms with E-state index in [1.807, 2.05) is 20.8 Å². The number of nitro groups is 2. The number of nitrogens with zero attached hydrogens (tertiary/aromatic N) is 2. The highest BCUT2D eigenvalue weighted by atomic mass is 16.6. The van der Waals surface area contributed by atoms with Crippen LogP contribution < -0.4 is 5.32 Å². The van der Waals surface area contributed by atoms with E-state index in [1.165, 1.54) is 6.07 Å². The number of nitrogens with one attached hydrogen (secondary N) is 1. The molecule has 0 unspecified atom stereocenters. The molecule has 1 rings (SSSR count). The van der Waals surface area contributed by atoms with Crippen LogP contribution in [0.25, 0.3) is 0 Å². The van der Waals surface area contributed by atoms with Crippen molar-refractivity contribution >= 4 is 17.1 Å². The largest absolute Gasteiger partial charge is 0.371 e. The summed E-state index contributed by atoms with van der Waals surface area (Å²) in [6, 6.07) is 1.40. The Morgan fingerprint density at radius 3 is 2.10 bits per heavy atom. The molecule has 0 fully saturated rings. The first-order chi connectivity index (χ1) is 9.87. The predicted octanol–water partition coefficient (Wildman–Crippen LogP) is 3.97. The molecule has 0 amide bonds. The summed E-state index contributed by atoms with van der Waals surface area (Å²) in [5, 5.41) is 25.7. The molecule has 7 nitrogen and oxygen atoms in total. The van der Waals surface area contributed by atoms with Gasteiger partial charge in [0, 0.05) is 17.7 Å². The van der Waals surface area contributed by atoms with Crippen LogP contribution in [0, 0.1) is 27.2 Å². The monoisotopic (exact) mass is 295 g/mol. The van der Waals surface area contributed by atoms with E-state index in [1.54, 1.807) is 6.92 Å². The second kappa shape index (κ2) is 7.01. The molecule has 1 aromatic rings. The lowest BCUT2D eigenvalue weighted by atomic mass is 10.0. The van der Waals surface area contributed by atoms with Gasteiger partial charge in [0.25, 0.3) is 5.69 Å². The van der Waals surface area contributed by atoms with E-state index in [4.69, 9.17) is 0 Å². The minimum atomic E-state index is -0.559. The zero-order valence-electron chi connectivity index (χ0n) is 12.8. The summed E-state index contributed by atoms with van der Waals surface area (Å²) in [5.74, 6) is 0. The molecule has 21 heavy (non-hydrogen) atoms. The Kier molecular flexibility index (Phi) is 5.63. The predicted molar refractivity (Wildman–Crippen MR) is 81.9 cm³/mol. The molecule has 0 aliphatic carbocycles. The van der Waals surface area contributed by atoms with Gasteiger partial charge in [-0.25, -0.2) is 0 Å². The zero-order valence-corrected chi connectivity index (χ0v) is 12.8. The van der Waals surface area contributed by atoms with Gasteiger partial charge in [-0.15, -0.1) is 0 Å². The fourth-order valence-corrected chi connectivity index (χ4v) is 2.39. The standard InChI is InChI=1S/C14H21N3O4/c1-5-10-8-12(16(18)19)13(15-11(6-2)7-3)14(9(10)4)17(20)21/h8,11,15H,5-7H2,1-4H3. The van der Waals surface area contributed by atoms with Crippen molar-refractivity contribution in [1.29, 1.82) is 0 Å². The number of hydrogen-bond donors (Lipinski definition) is 1. The minimum absolute atomic E-state index is 0.0217. The Morgan fingerprint density at radius 1 is 1.14 bits per heavy atom. The smallest absolute Gasteiger partial charge is 0.302 e. The Hall–Kier alpha value is -2.18. The molecule has 0 radical (unpaired) electrons. The van der Waals surface area contributed by atoms with Crippen LogP contribution in [0.4, 0.5) is 17.1 Å². The van der Waals surface area contributed by atoms with E-state index in [0.717, 1.165) is 12.8 Å². The quantitative estimate of drug-likeness (QED) is 0.606. The van der Waals surface area contributed by atoms with Gasteiger partial charge < -0.3 is 5.32 Å². The number of nitro benzene ring substituents is 2. The van der Waals surface area contributed by atoms with Crippen molar-refractivity contribution in [2.45, 2.75) is 53.0 Å². The van der Waals surface area contributed by atoms with Gasteiger partial charge in [-0.3, -0.25) is 20.2 Å². The summed E-state index contributed by atoms with van der Waals surface area (Å²) < 4.78 is 0. The molecule has 0 heterocycles. The molecule has 0 aliphatic heterocycles. The number of anilines is 1. The first-order valence-electron chi connectivity index (χ1n) is 7.08. The van der Waals surface area contributed by atoms with Gasteiger partial charge in [-0.05, 0) is 31.7 Å². The lowest BCUT2D eigenvalue weighted by Crippen LogP contribution is -2.19. The highest BCUT2D eigenvalue weighted by Crippen LogP contribution is 2.40. The molecule has 0 saturated heterocycles. The van der Waals surface area contributed by atoms with Gasteiger partial charge in [-0.1, -0.05) is 20.8 Å². The van der Waals surface area contributed by atoms with Gasteiger partial charge in [0.2, 0.25) is 0 Å². The van der Waals surface area contributed by atoms with Crippen LogP contribution in [0.3, 0.4) is 0 Å². The Labute approximate surface area is 123 Å². The lowest BCUT2D eigenvalue weighted by Gasteiger charge is -2.18. The topological polar surface area (TPSA) is 98.3 Å².